The summed E-state index contributed by atoms with van der Waals surface area (Å²) in [5, 5.41) is 7.00. The minimum atomic E-state index is -0.140. The molecule has 1 amide bonds. The normalized spacial score (nSPS) is 10.3. The van der Waals surface area contributed by atoms with E-state index in [1.807, 2.05) is 38.1 Å². The van der Waals surface area contributed by atoms with Gasteiger partial charge in [0.15, 0.2) is 0 Å². The molecular formula is C13H15N3O. The molecule has 2 aromatic rings. The zero-order valence-corrected chi connectivity index (χ0v) is 10.2. The van der Waals surface area contributed by atoms with Gasteiger partial charge in [-0.3, -0.25) is 9.48 Å². The van der Waals surface area contributed by atoms with Gasteiger partial charge in [0.05, 0.1) is 5.69 Å². The summed E-state index contributed by atoms with van der Waals surface area (Å²) in [6.07, 6.45) is 0. The van der Waals surface area contributed by atoms with Crippen molar-refractivity contribution in [2.24, 2.45) is 7.05 Å². The fraction of sp³-hybridized carbons (Fsp3) is 0.231. The van der Waals surface area contributed by atoms with Crippen molar-refractivity contribution in [2.75, 3.05) is 5.32 Å². The molecule has 17 heavy (non-hydrogen) atoms. The molecule has 0 fully saturated rings. The lowest BCUT2D eigenvalue weighted by Crippen LogP contribution is -2.16. The van der Waals surface area contributed by atoms with E-state index >= 15 is 0 Å². The summed E-state index contributed by atoms with van der Waals surface area (Å²) in [6, 6.07) is 9.48. The van der Waals surface area contributed by atoms with Crippen LogP contribution in [-0.2, 0) is 7.05 Å². The predicted octanol–water partition coefficient (Wildman–Crippen LogP) is 2.29. The number of nitrogens with zero attached hydrogens (tertiary/aromatic N) is 2. The summed E-state index contributed by atoms with van der Waals surface area (Å²) in [6.45, 7) is 3.85. The lowest BCUT2D eigenvalue weighted by Gasteiger charge is -2.05. The van der Waals surface area contributed by atoms with Crippen LogP contribution in [0.5, 0.6) is 0 Å². The molecule has 0 aliphatic rings. The van der Waals surface area contributed by atoms with E-state index in [4.69, 9.17) is 0 Å². The molecule has 0 saturated heterocycles. The van der Waals surface area contributed by atoms with Gasteiger partial charge in [0.25, 0.3) is 5.91 Å². The standard InChI is InChI=1S/C13H15N3O/c1-9-5-4-6-11(7-9)14-13(17)12-8-10(2)15-16(12)3/h4-8H,1-3H3,(H,14,17). The van der Waals surface area contributed by atoms with Crippen molar-refractivity contribution < 1.29 is 4.79 Å². The Hall–Kier alpha value is -2.10. The van der Waals surface area contributed by atoms with Crippen LogP contribution in [0.15, 0.2) is 30.3 Å². The fourth-order valence-corrected chi connectivity index (χ4v) is 1.74. The summed E-state index contributed by atoms with van der Waals surface area (Å²) in [7, 11) is 1.76. The molecular weight excluding hydrogens is 214 g/mol. The van der Waals surface area contributed by atoms with Crippen LogP contribution in [0.3, 0.4) is 0 Å². The molecule has 0 saturated carbocycles. The van der Waals surface area contributed by atoms with Crippen molar-refractivity contribution in [2.45, 2.75) is 13.8 Å². The summed E-state index contributed by atoms with van der Waals surface area (Å²) < 4.78 is 1.58. The summed E-state index contributed by atoms with van der Waals surface area (Å²) >= 11 is 0. The minimum Gasteiger partial charge on any atom is -0.321 e. The van der Waals surface area contributed by atoms with Crippen molar-refractivity contribution in [3.05, 3.63) is 47.3 Å². The van der Waals surface area contributed by atoms with Gasteiger partial charge in [-0.1, -0.05) is 12.1 Å². The van der Waals surface area contributed by atoms with E-state index in [9.17, 15) is 4.79 Å². The number of rotatable bonds is 2. The van der Waals surface area contributed by atoms with E-state index in [1.165, 1.54) is 0 Å². The Bertz CT molecular complexity index is 558. The van der Waals surface area contributed by atoms with Crippen molar-refractivity contribution in [3.8, 4) is 0 Å². The number of carbonyl (C=O) groups excluding carboxylic acids is 1. The second-order valence-corrected chi connectivity index (χ2v) is 4.12. The van der Waals surface area contributed by atoms with Crippen LogP contribution in [0.4, 0.5) is 5.69 Å². The number of aryl methyl sites for hydroxylation is 3. The summed E-state index contributed by atoms with van der Waals surface area (Å²) in [5.74, 6) is -0.140. The first-order valence-corrected chi connectivity index (χ1v) is 5.45. The number of benzene rings is 1. The average Bonchev–Trinajstić information content (AvgIpc) is 2.58. The first-order chi connectivity index (χ1) is 8.06. The lowest BCUT2D eigenvalue weighted by atomic mass is 10.2. The molecule has 1 aromatic carbocycles. The monoisotopic (exact) mass is 229 g/mol. The van der Waals surface area contributed by atoms with Crippen LogP contribution in [0.2, 0.25) is 0 Å². The first kappa shape index (κ1) is 11.4. The third-order valence-electron chi connectivity index (χ3n) is 2.51. The van der Waals surface area contributed by atoms with Gasteiger partial charge in [0.1, 0.15) is 5.69 Å². The quantitative estimate of drug-likeness (QED) is 0.858. The van der Waals surface area contributed by atoms with E-state index in [1.54, 1.807) is 17.8 Å². The van der Waals surface area contributed by atoms with Gasteiger partial charge in [-0.05, 0) is 37.6 Å². The maximum atomic E-state index is 12.0. The number of aromatic nitrogens is 2. The lowest BCUT2D eigenvalue weighted by molar-refractivity contribution is 0.101. The highest BCUT2D eigenvalue weighted by Gasteiger charge is 2.11. The Morgan fingerprint density at radius 1 is 1.29 bits per heavy atom. The molecule has 0 aliphatic carbocycles. The Balaban J connectivity index is 2.20. The van der Waals surface area contributed by atoms with Gasteiger partial charge in [-0.2, -0.15) is 5.10 Å². The van der Waals surface area contributed by atoms with E-state index in [-0.39, 0.29) is 5.91 Å². The number of nitrogens with one attached hydrogen (secondary N) is 1. The molecule has 1 N–H and O–H groups in total. The molecule has 0 spiro atoms. The minimum absolute atomic E-state index is 0.140. The number of hydrogen-bond donors (Lipinski definition) is 1. The van der Waals surface area contributed by atoms with E-state index in [0.29, 0.717) is 5.69 Å². The van der Waals surface area contributed by atoms with Gasteiger partial charge in [-0.15, -0.1) is 0 Å². The molecule has 0 bridgehead atoms. The Kier molecular flexibility index (Phi) is 2.95. The molecule has 0 atom stereocenters. The van der Waals surface area contributed by atoms with Gasteiger partial charge in [0, 0.05) is 12.7 Å². The molecule has 1 aromatic heterocycles. The second kappa shape index (κ2) is 4.41. The highest BCUT2D eigenvalue weighted by Crippen LogP contribution is 2.11. The van der Waals surface area contributed by atoms with Crippen LogP contribution in [0.1, 0.15) is 21.7 Å². The average molecular weight is 229 g/mol. The highest BCUT2D eigenvalue weighted by atomic mass is 16.2. The molecule has 4 heteroatoms. The zero-order valence-electron chi connectivity index (χ0n) is 10.2. The van der Waals surface area contributed by atoms with Crippen molar-refractivity contribution >= 4 is 11.6 Å². The molecule has 0 unspecified atom stereocenters. The number of carbonyl (C=O) groups is 1. The van der Waals surface area contributed by atoms with Gasteiger partial charge in [-0.25, -0.2) is 0 Å². The maximum absolute atomic E-state index is 12.0. The molecule has 0 aliphatic heterocycles. The smallest absolute Gasteiger partial charge is 0.273 e. The summed E-state index contributed by atoms with van der Waals surface area (Å²) in [5.41, 5.74) is 3.31. The third-order valence-corrected chi connectivity index (χ3v) is 2.51. The number of amides is 1. The Morgan fingerprint density at radius 2 is 2.06 bits per heavy atom. The molecule has 88 valence electrons. The van der Waals surface area contributed by atoms with Crippen molar-refractivity contribution in [1.82, 2.24) is 9.78 Å². The topological polar surface area (TPSA) is 46.9 Å². The van der Waals surface area contributed by atoms with Crippen LogP contribution >= 0.6 is 0 Å². The summed E-state index contributed by atoms with van der Waals surface area (Å²) in [4.78, 5) is 12.0. The van der Waals surface area contributed by atoms with Crippen LogP contribution in [0, 0.1) is 13.8 Å². The van der Waals surface area contributed by atoms with Gasteiger partial charge < -0.3 is 5.32 Å². The van der Waals surface area contributed by atoms with Crippen LogP contribution in [0.25, 0.3) is 0 Å². The van der Waals surface area contributed by atoms with Crippen molar-refractivity contribution in [3.63, 3.8) is 0 Å². The zero-order chi connectivity index (χ0) is 12.4. The third kappa shape index (κ3) is 2.53. The van der Waals surface area contributed by atoms with Gasteiger partial charge >= 0.3 is 0 Å². The largest absolute Gasteiger partial charge is 0.321 e. The molecule has 4 nitrogen and oxygen atoms in total. The predicted molar refractivity (Wildman–Crippen MR) is 67.1 cm³/mol. The maximum Gasteiger partial charge on any atom is 0.273 e. The Labute approximate surface area is 100 Å². The number of hydrogen-bond acceptors (Lipinski definition) is 2. The molecule has 1 heterocycles. The molecule has 2 rings (SSSR count). The van der Waals surface area contributed by atoms with E-state index in [0.717, 1.165) is 16.9 Å². The SMILES string of the molecule is Cc1cccc(NC(=O)c2cc(C)nn2C)c1. The van der Waals surface area contributed by atoms with Crippen LogP contribution < -0.4 is 5.32 Å². The second-order valence-electron chi connectivity index (χ2n) is 4.12. The number of anilines is 1. The molecule has 0 radical (unpaired) electrons. The van der Waals surface area contributed by atoms with E-state index < -0.39 is 0 Å². The van der Waals surface area contributed by atoms with Crippen molar-refractivity contribution in [1.29, 1.82) is 0 Å². The van der Waals surface area contributed by atoms with Crippen LogP contribution in [-0.4, -0.2) is 15.7 Å². The Morgan fingerprint density at radius 3 is 2.65 bits per heavy atom. The first-order valence-electron chi connectivity index (χ1n) is 5.45. The van der Waals surface area contributed by atoms with E-state index in [2.05, 4.69) is 10.4 Å². The fourth-order valence-electron chi connectivity index (χ4n) is 1.74. The highest BCUT2D eigenvalue weighted by molar-refractivity contribution is 6.03. The van der Waals surface area contributed by atoms with Gasteiger partial charge in [0.2, 0.25) is 0 Å².